The quantitative estimate of drug-likeness (QED) is 0.842. The Kier molecular flexibility index (Phi) is 4.21. The van der Waals surface area contributed by atoms with E-state index in [9.17, 15) is 0 Å². The molecule has 7 heteroatoms. The molecule has 0 saturated carbocycles. The third kappa shape index (κ3) is 3.41. The molecule has 1 saturated heterocycles. The highest BCUT2D eigenvalue weighted by atomic mass is 79.9. The van der Waals surface area contributed by atoms with Crippen LogP contribution in [0.3, 0.4) is 0 Å². The Balaban J connectivity index is 1.62. The zero-order chi connectivity index (χ0) is 14.8. The molecule has 1 atom stereocenters. The Morgan fingerprint density at radius 1 is 1.24 bits per heavy atom. The number of anilines is 1. The lowest BCUT2D eigenvalue weighted by Crippen LogP contribution is -2.51. The van der Waals surface area contributed by atoms with Crippen molar-refractivity contribution >= 4 is 21.9 Å². The standard InChI is InChI=1S/C14H19BrN6/c1-11-8-21(14-16-6-13(15)7-17-14)4-3-20(11)10-12-5-18-19(2)9-12/h5-7,9,11H,3-4,8,10H2,1-2H3. The van der Waals surface area contributed by atoms with E-state index in [1.54, 1.807) is 12.4 Å². The molecule has 0 aromatic carbocycles. The van der Waals surface area contributed by atoms with Crippen LogP contribution in [0.1, 0.15) is 12.5 Å². The first kappa shape index (κ1) is 14.5. The minimum Gasteiger partial charge on any atom is -0.338 e. The molecule has 3 heterocycles. The molecule has 0 spiro atoms. The second-order valence-corrected chi connectivity index (χ2v) is 6.40. The van der Waals surface area contributed by atoms with Gasteiger partial charge < -0.3 is 4.90 Å². The lowest BCUT2D eigenvalue weighted by atomic mass is 10.1. The maximum atomic E-state index is 4.38. The van der Waals surface area contributed by atoms with Crippen LogP contribution in [0.15, 0.2) is 29.3 Å². The van der Waals surface area contributed by atoms with Crippen LogP contribution in [0, 0.1) is 0 Å². The van der Waals surface area contributed by atoms with Crippen LogP contribution in [-0.2, 0) is 13.6 Å². The van der Waals surface area contributed by atoms with Crippen molar-refractivity contribution < 1.29 is 0 Å². The number of nitrogens with zero attached hydrogens (tertiary/aromatic N) is 6. The van der Waals surface area contributed by atoms with Crippen molar-refractivity contribution in [3.05, 3.63) is 34.8 Å². The van der Waals surface area contributed by atoms with E-state index >= 15 is 0 Å². The Morgan fingerprint density at radius 2 is 2.00 bits per heavy atom. The summed E-state index contributed by atoms with van der Waals surface area (Å²) >= 11 is 3.37. The van der Waals surface area contributed by atoms with Gasteiger partial charge >= 0.3 is 0 Å². The number of halogens is 1. The highest BCUT2D eigenvalue weighted by molar-refractivity contribution is 9.10. The van der Waals surface area contributed by atoms with E-state index in [4.69, 9.17) is 0 Å². The minimum atomic E-state index is 0.464. The summed E-state index contributed by atoms with van der Waals surface area (Å²) in [5, 5.41) is 4.23. The molecule has 3 rings (SSSR count). The van der Waals surface area contributed by atoms with Crippen LogP contribution in [0.25, 0.3) is 0 Å². The first-order valence-electron chi connectivity index (χ1n) is 7.06. The van der Waals surface area contributed by atoms with Gasteiger partial charge in [-0.05, 0) is 22.9 Å². The topological polar surface area (TPSA) is 50.1 Å². The second-order valence-electron chi connectivity index (χ2n) is 5.49. The second kappa shape index (κ2) is 6.11. The van der Waals surface area contributed by atoms with E-state index < -0.39 is 0 Å². The molecule has 21 heavy (non-hydrogen) atoms. The SMILES string of the molecule is CC1CN(c2ncc(Br)cn2)CCN1Cc1cnn(C)c1. The van der Waals surface area contributed by atoms with Crippen LogP contribution in [0.5, 0.6) is 0 Å². The summed E-state index contributed by atoms with van der Waals surface area (Å²) < 4.78 is 2.76. The molecule has 0 aliphatic carbocycles. The van der Waals surface area contributed by atoms with Crippen molar-refractivity contribution in [3.8, 4) is 0 Å². The van der Waals surface area contributed by atoms with Gasteiger partial charge in [0.05, 0.1) is 10.7 Å². The number of hydrogen-bond donors (Lipinski definition) is 0. The van der Waals surface area contributed by atoms with E-state index in [1.807, 2.05) is 17.9 Å². The Bertz CT molecular complexity index is 596. The van der Waals surface area contributed by atoms with Gasteiger partial charge in [0.2, 0.25) is 5.95 Å². The molecule has 2 aromatic rings. The Morgan fingerprint density at radius 3 is 2.62 bits per heavy atom. The van der Waals surface area contributed by atoms with Gasteiger partial charge in [-0.1, -0.05) is 0 Å². The smallest absolute Gasteiger partial charge is 0.225 e. The Labute approximate surface area is 132 Å². The van der Waals surface area contributed by atoms with E-state index in [0.29, 0.717) is 6.04 Å². The minimum absolute atomic E-state index is 0.464. The van der Waals surface area contributed by atoms with Gasteiger partial charge in [0.25, 0.3) is 0 Å². The average molecular weight is 351 g/mol. The number of rotatable bonds is 3. The van der Waals surface area contributed by atoms with Gasteiger partial charge in [0.1, 0.15) is 0 Å². The summed E-state index contributed by atoms with van der Waals surface area (Å²) in [4.78, 5) is 13.5. The monoisotopic (exact) mass is 350 g/mol. The molecule has 6 nitrogen and oxygen atoms in total. The maximum Gasteiger partial charge on any atom is 0.225 e. The predicted molar refractivity (Wildman–Crippen MR) is 85.0 cm³/mol. The van der Waals surface area contributed by atoms with Gasteiger partial charge in [-0.2, -0.15) is 5.10 Å². The average Bonchev–Trinajstić information content (AvgIpc) is 2.87. The molecule has 1 aliphatic rings. The Hall–Kier alpha value is -1.47. The highest BCUT2D eigenvalue weighted by Gasteiger charge is 2.25. The van der Waals surface area contributed by atoms with Crippen LogP contribution in [-0.4, -0.2) is 50.3 Å². The van der Waals surface area contributed by atoms with Crippen molar-refractivity contribution in [1.29, 1.82) is 0 Å². The summed E-state index contributed by atoms with van der Waals surface area (Å²) in [5.41, 5.74) is 1.26. The first-order valence-corrected chi connectivity index (χ1v) is 7.85. The molecule has 0 radical (unpaired) electrons. The molecule has 0 bridgehead atoms. The fourth-order valence-corrected chi connectivity index (χ4v) is 2.87. The van der Waals surface area contributed by atoms with Crippen molar-refractivity contribution in [2.75, 3.05) is 24.5 Å². The lowest BCUT2D eigenvalue weighted by Gasteiger charge is -2.39. The summed E-state index contributed by atoms with van der Waals surface area (Å²) in [5.74, 6) is 0.811. The predicted octanol–water partition coefficient (Wildman–Crippen LogP) is 1.68. The fourth-order valence-electron chi connectivity index (χ4n) is 2.67. The van der Waals surface area contributed by atoms with Gasteiger partial charge in [0.15, 0.2) is 0 Å². The number of aryl methyl sites for hydroxylation is 1. The molecule has 0 N–H and O–H groups in total. The third-order valence-corrected chi connectivity index (χ3v) is 4.21. The van der Waals surface area contributed by atoms with Gasteiger partial charge in [0, 0.05) is 63.4 Å². The molecular formula is C14H19BrN6. The van der Waals surface area contributed by atoms with Crippen molar-refractivity contribution in [3.63, 3.8) is 0 Å². The van der Waals surface area contributed by atoms with E-state index in [0.717, 1.165) is 36.6 Å². The molecule has 1 aliphatic heterocycles. The zero-order valence-electron chi connectivity index (χ0n) is 12.3. The number of piperazine rings is 1. The number of aromatic nitrogens is 4. The fraction of sp³-hybridized carbons (Fsp3) is 0.500. The molecule has 2 aromatic heterocycles. The third-order valence-electron chi connectivity index (χ3n) is 3.80. The molecule has 0 amide bonds. The first-order chi connectivity index (χ1) is 10.1. The zero-order valence-corrected chi connectivity index (χ0v) is 13.9. The maximum absolute atomic E-state index is 4.38. The molecular weight excluding hydrogens is 332 g/mol. The summed E-state index contributed by atoms with van der Waals surface area (Å²) in [7, 11) is 1.95. The summed E-state index contributed by atoms with van der Waals surface area (Å²) in [6.45, 7) is 6.11. The summed E-state index contributed by atoms with van der Waals surface area (Å²) in [6.07, 6.45) is 7.62. The van der Waals surface area contributed by atoms with Crippen molar-refractivity contribution in [2.24, 2.45) is 7.05 Å². The molecule has 1 unspecified atom stereocenters. The van der Waals surface area contributed by atoms with Gasteiger partial charge in [-0.25, -0.2) is 9.97 Å². The molecule has 112 valence electrons. The van der Waals surface area contributed by atoms with Crippen molar-refractivity contribution in [2.45, 2.75) is 19.5 Å². The lowest BCUT2D eigenvalue weighted by molar-refractivity contribution is 0.180. The van der Waals surface area contributed by atoms with Crippen LogP contribution in [0.4, 0.5) is 5.95 Å². The normalized spacial score (nSPS) is 20.0. The largest absolute Gasteiger partial charge is 0.338 e. The number of hydrogen-bond acceptors (Lipinski definition) is 5. The molecule has 1 fully saturated rings. The van der Waals surface area contributed by atoms with E-state index in [1.165, 1.54) is 5.56 Å². The van der Waals surface area contributed by atoms with Crippen LogP contribution in [0.2, 0.25) is 0 Å². The van der Waals surface area contributed by atoms with Crippen LogP contribution < -0.4 is 4.90 Å². The van der Waals surface area contributed by atoms with Gasteiger partial charge in [-0.3, -0.25) is 9.58 Å². The van der Waals surface area contributed by atoms with E-state index in [-0.39, 0.29) is 0 Å². The highest BCUT2D eigenvalue weighted by Crippen LogP contribution is 2.18. The van der Waals surface area contributed by atoms with Gasteiger partial charge in [-0.15, -0.1) is 0 Å². The van der Waals surface area contributed by atoms with Crippen LogP contribution >= 0.6 is 15.9 Å². The van der Waals surface area contributed by atoms with E-state index in [2.05, 4.69) is 53.9 Å². The summed E-state index contributed by atoms with van der Waals surface area (Å²) in [6, 6.07) is 0.464. The van der Waals surface area contributed by atoms with Crippen molar-refractivity contribution in [1.82, 2.24) is 24.6 Å².